The Kier molecular flexibility index (Phi) is 4.66. The molecular formula is C20H19ClN2O4. The average molecular weight is 387 g/mol. The number of carbonyl (C=O) groups excluding carboxylic acids is 2. The van der Waals surface area contributed by atoms with Crippen LogP contribution in [0.1, 0.15) is 12.0 Å². The van der Waals surface area contributed by atoms with Crippen molar-refractivity contribution in [1.82, 2.24) is 0 Å². The standard InChI is InChI=1S/C20H19ClN2O4/c1-12-2-4-15(10-16(12)21)23-11-13(8-19(23)24)20(25)22-14-3-5-17-18(9-14)27-7-6-26-17/h2-5,9-10,13H,6-8,11H2,1H3,(H,22,25)/t13-/m1/s1. The molecule has 27 heavy (non-hydrogen) atoms. The third-order valence-electron chi connectivity index (χ3n) is 4.77. The molecule has 2 heterocycles. The van der Waals surface area contributed by atoms with Gasteiger partial charge < -0.3 is 19.7 Å². The van der Waals surface area contributed by atoms with Crippen LogP contribution in [-0.4, -0.2) is 31.6 Å². The lowest BCUT2D eigenvalue weighted by Crippen LogP contribution is -2.28. The van der Waals surface area contributed by atoms with Crippen molar-refractivity contribution in [3.63, 3.8) is 0 Å². The Balaban J connectivity index is 1.45. The maximum atomic E-state index is 12.6. The molecule has 0 spiro atoms. The molecule has 1 fully saturated rings. The summed E-state index contributed by atoms with van der Waals surface area (Å²) in [5, 5.41) is 3.47. The molecule has 0 saturated carbocycles. The first kappa shape index (κ1) is 17.7. The molecule has 0 bridgehead atoms. The van der Waals surface area contributed by atoms with Crippen molar-refractivity contribution >= 4 is 34.8 Å². The zero-order valence-corrected chi connectivity index (χ0v) is 15.6. The van der Waals surface area contributed by atoms with Crippen LogP contribution in [0.15, 0.2) is 36.4 Å². The zero-order chi connectivity index (χ0) is 19.0. The van der Waals surface area contributed by atoms with E-state index in [9.17, 15) is 9.59 Å². The van der Waals surface area contributed by atoms with Crippen molar-refractivity contribution in [1.29, 1.82) is 0 Å². The van der Waals surface area contributed by atoms with E-state index in [1.165, 1.54) is 0 Å². The van der Waals surface area contributed by atoms with Gasteiger partial charge in [-0.15, -0.1) is 0 Å². The SMILES string of the molecule is Cc1ccc(N2C[C@H](C(=O)Nc3ccc4c(c3)OCCO4)CC2=O)cc1Cl. The fraction of sp³-hybridized carbons (Fsp3) is 0.300. The minimum Gasteiger partial charge on any atom is -0.486 e. The molecule has 4 rings (SSSR count). The smallest absolute Gasteiger partial charge is 0.229 e. The Bertz CT molecular complexity index is 915. The second-order valence-electron chi connectivity index (χ2n) is 6.69. The summed E-state index contributed by atoms with van der Waals surface area (Å²) < 4.78 is 11.0. The predicted octanol–water partition coefficient (Wildman–Crippen LogP) is 3.41. The summed E-state index contributed by atoms with van der Waals surface area (Å²) in [6, 6.07) is 10.7. The summed E-state index contributed by atoms with van der Waals surface area (Å²) in [4.78, 5) is 26.6. The van der Waals surface area contributed by atoms with Crippen LogP contribution >= 0.6 is 11.6 Å². The summed E-state index contributed by atoms with van der Waals surface area (Å²) in [7, 11) is 0. The van der Waals surface area contributed by atoms with Crippen molar-refractivity contribution in [2.24, 2.45) is 5.92 Å². The molecule has 1 atom stereocenters. The van der Waals surface area contributed by atoms with Crippen LogP contribution in [-0.2, 0) is 9.59 Å². The van der Waals surface area contributed by atoms with Gasteiger partial charge in [0.05, 0.1) is 5.92 Å². The molecule has 0 unspecified atom stereocenters. The molecule has 0 aromatic heterocycles. The van der Waals surface area contributed by atoms with Gasteiger partial charge in [0.2, 0.25) is 11.8 Å². The van der Waals surface area contributed by atoms with E-state index in [-0.39, 0.29) is 18.2 Å². The Morgan fingerprint density at radius 2 is 1.93 bits per heavy atom. The molecule has 2 aliphatic heterocycles. The average Bonchev–Trinajstić information content (AvgIpc) is 3.06. The highest BCUT2D eigenvalue weighted by Crippen LogP contribution is 2.33. The molecule has 0 aliphatic carbocycles. The number of ether oxygens (including phenoxy) is 2. The zero-order valence-electron chi connectivity index (χ0n) is 14.8. The number of amides is 2. The van der Waals surface area contributed by atoms with Crippen LogP contribution in [0.2, 0.25) is 5.02 Å². The van der Waals surface area contributed by atoms with E-state index in [4.69, 9.17) is 21.1 Å². The lowest BCUT2D eigenvalue weighted by Gasteiger charge is -2.19. The second kappa shape index (κ2) is 7.12. The highest BCUT2D eigenvalue weighted by Gasteiger charge is 2.35. The van der Waals surface area contributed by atoms with Crippen LogP contribution in [0.5, 0.6) is 11.5 Å². The monoisotopic (exact) mass is 386 g/mol. The number of nitrogens with zero attached hydrogens (tertiary/aromatic N) is 1. The van der Waals surface area contributed by atoms with Gasteiger partial charge in [-0.3, -0.25) is 9.59 Å². The first-order chi connectivity index (χ1) is 13.0. The number of rotatable bonds is 3. The van der Waals surface area contributed by atoms with Crippen LogP contribution in [0.25, 0.3) is 0 Å². The van der Waals surface area contributed by atoms with Gasteiger partial charge in [0.1, 0.15) is 13.2 Å². The molecule has 7 heteroatoms. The van der Waals surface area contributed by atoms with E-state index < -0.39 is 5.92 Å². The lowest BCUT2D eigenvalue weighted by atomic mass is 10.1. The molecule has 2 aromatic carbocycles. The normalized spacial score (nSPS) is 18.5. The minimum atomic E-state index is -0.425. The Labute approximate surface area is 162 Å². The van der Waals surface area contributed by atoms with Crippen molar-refractivity contribution in [3.05, 3.63) is 47.0 Å². The third-order valence-corrected chi connectivity index (χ3v) is 5.18. The quantitative estimate of drug-likeness (QED) is 0.877. The van der Waals surface area contributed by atoms with Gasteiger partial charge in [0.25, 0.3) is 0 Å². The molecule has 2 amide bonds. The second-order valence-corrected chi connectivity index (χ2v) is 7.09. The van der Waals surface area contributed by atoms with Gasteiger partial charge in [-0.2, -0.15) is 0 Å². The van der Waals surface area contributed by atoms with Crippen LogP contribution in [0, 0.1) is 12.8 Å². The summed E-state index contributed by atoms with van der Waals surface area (Å²) in [6.07, 6.45) is 0.169. The predicted molar refractivity (Wildman–Crippen MR) is 103 cm³/mol. The van der Waals surface area contributed by atoms with E-state index in [1.54, 1.807) is 29.2 Å². The molecule has 1 N–H and O–H groups in total. The van der Waals surface area contributed by atoms with Crippen molar-refractivity contribution in [3.8, 4) is 11.5 Å². The van der Waals surface area contributed by atoms with Gasteiger partial charge in [-0.25, -0.2) is 0 Å². The highest BCUT2D eigenvalue weighted by molar-refractivity contribution is 6.31. The summed E-state index contributed by atoms with van der Waals surface area (Å²) >= 11 is 6.16. The van der Waals surface area contributed by atoms with Crippen molar-refractivity contribution in [2.45, 2.75) is 13.3 Å². The van der Waals surface area contributed by atoms with Gasteiger partial charge in [-0.1, -0.05) is 17.7 Å². The van der Waals surface area contributed by atoms with Gasteiger partial charge in [0.15, 0.2) is 11.5 Å². The lowest BCUT2D eigenvalue weighted by molar-refractivity contribution is -0.122. The first-order valence-electron chi connectivity index (χ1n) is 8.78. The fourth-order valence-corrected chi connectivity index (χ4v) is 3.42. The van der Waals surface area contributed by atoms with Crippen molar-refractivity contribution < 1.29 is 19.1 Å². The number of benzene rings is 2. The summed E-state index contributed by atoms with van der Waals surface area (Å²) in [5.41, 5.74) is 2.28. The molecule has 0 radical (unpaired) electrons. The Morgan fingerprint density at radius 3 is 2.70 bits per heavy atom. The molecule has 2 aromatic rings. The van der Waals surface area contributed by atoms with Gasteiger partial charge in [-0.05, 0) is 36.8 Å². The Morgan fingerprint density at radius 1 is 1.15 bits per heavy atom. The number of hydrogen-bond donors (Lipinski definition) is 1. The van der Waals surface area contributed by atoms with E-state index >= 15 is 0 Å². The van der Waals surface area contributed by atoms with Crippen LogP contribution < -0.4 is 19.7 Å². The van der Waals surface area contributed by atoms with Crippen LogP contribution in [0.3, 0.4) is 0 Å². The van der Waals surface area contributed by atoms with E-state index in [0.29, 0.717) is 47.7 Å². The minimum absolute atomic E-state index is 0.0859. The molecule has 6 nitrogen and oxygen atoms in total. The number of anilines is 2. The first-order valence-corrected chi connectivity index (χ1v) is 9.16. The number of aryl methyl sites for hydroxylation is 1. The Hall–Kier alpha value is -2.73. The number of hydrogen-bond acceptors (Lipinski definition) is 4. The van der Waals surface area contributed by atoms with Crippen molar-refractivity contribution in [2.75, 3.05) is 30.0 Å². The van der Waals surface area contributed by atoms with E-state index in [1.807, 2.05) is 19.1 Å². The molecular weight excluding hydrogens is 368 g/mol. The maximum absolute atomic E-state index is 12.6. The number of nitrogens with one attached hydrogen (secondary N) is 1. The number of carbonyl (C=O) groups is 2. The van der Waals surface area contributed by atoms with Gasteiger partial charge in [0, 0.05) is 35.4 Å². The van der Waals surface area contributed by atoms with E-state index in [0.717, 1.165) is 5.56 Å². The number of halogens is 1. The van der Waals surface area contributed by atoms with Gasteiger partial charge >= 0.3 is 0 Å². The summed E-state index contributed by atoms with van der Waals surface area (Å²) in [6.45, 7) is 3.23. The topological polar surface area (TPSA) is 67.9 Å². The molecule has 2 aliphatic rings. The highest BCUT2D eigenvalue weighted by atomic mass is 35.5. The maximum Gasteiger partial charge on any atom is 0.229 e. The summed E-state index contributed by atoms with van der Waals surface area (Å²) in [5.74, 6) is 0.568. The molecule has 140 valence electrons. The third kappa shape index (κ3) is 3.57. The van der Waals surface area contributed by atoms with E-state index in [2.05, 4.69) is 5.32 Å². The largest absolute Gasteiger partial charge is 0.486 e. The van der Waals surface area contributed by atoms with Crippen LogP contribution in [0.4, 0.5) is 11.4 Å². The number of fused-ring (bicyclic) bond motifs is 1. The fourth-order valence-electron chi connectivity index (χ4n) is 3.25. The molecule has 1 saturated heterocycles.